The molecule has 0 atom stereocenters. The van der Waals surface area contributed by atoms with E-state index in [9.17, 15) is 4.79 Å². The van der Waals surface area contributed by atoms with E-state index in [1.165, 1.54) is 11.3 Å². The van der Waals surface area contributed by atoms with Gasteiger partial charge in [-0.1, -0.05) is 13.8 Å². The minimum atomic E-state index is -0.110. The summed E-state index contributed by atoms with van der Waals surface area (Å²) >= 11 is 1.36. The third kappa shape index (κ3) is 3.25. The molecule has 8 heteroatoms. The van der Waals surface area contributed by atoms with Gasteiger partial charge in [0.15, 0.2) is 0 Å². The molecule has 120 valence electrons. The van der Waals surface area contributed by atoms with E-state index in [4.69, 9.17) is 5.26 Å². The lowest BCUT2D eigenvalue weighted by Gasteiger charge is -2.27. The zero-order valence-corrected chi connectivity index (χ0v) is 13.9. The average molecular weight is 330 g/mol. The summed E-state index contributed by atoms with van der Waals surface area (Å²) in [4.78, 5) is 14.2. The fraction of sp³-hybridized carbons (Fsp3) is 0.467. The number of nitrogens with one attached hydrogen (secondary N) is 1. The van der Waals surface area contributed by atoms with Gasteiger partial charge in [0, 0.05) is 19.0 Å². The number of aromatic nitrogens is 3. The second kappa shape index (κ2) is 6.48. The van der Waals surface area contributed by atoms with E-state index in [2.05, 4.69) is 40.0 Å². The minimum Gasteiger partial charge on any atom is -0.315 e. The van der Waals surface area contributed by atoms with Crippen LogP contribution in [-0.4, -0.2) is 38.7 Å². The van der Waals surface area contributed by atoms with E-state index in [1.54, 1.807) is 11.4 Å². The number of carbonyl (C=O) groups excluding carboxylic acids is 1. The van der Waals surface area contributed by atoms with Crippen molar-refractivity contribution in [1.82, 2.24) is 19.7 Å². The van der Waals surface area contributed by atoms with Crippen LogP contribution in [-0.2, 0) is 17.9 Å². The van der Waals surface area contributed by atoms with Gasteiger partial charge >= 0.3 is 0 Å². The third-order valence-electron chi connectivity index (χ3n) is 3.78. The predicted molar refractivity (Wildman–Crippen MR) is 87.1 cm³/mol. The number of anilines is 1. The normalized spacial score (nSPS) is 14.5. The maximum Gasteiger partial charge on any atom is 0.239 e. The van der Waals surface area contributed by atoms with Gasteiger partial charge in [-0.3, -0.25) is 9.69 Å². The van der Waals surface area contributed by atoms with Crippen molar-refractivity contribution in [1.29, 1.82) is 5.26 Å². The Balaban J connectivity index is 1.61. The van der Waals surface area contributed by atoms with Crippen molar-refractivity contribution < 1.29 is 4.79 Å². The highest BCUT2D eigenvalue weighted by Gasteiger charge is 2.23. The van der Waals surface area contributed by atoms with Gasteiger partial charge in [0.25, 0.3) is 0 Å². The first-order chi connectivity index (χ1) is 11.1. The second-order valence-corrected chi connectivity index (χ2v) is 6.73. The molecule has 1 aliphatic heterocycles. The lowest BCUT2D eigenvalue weighted by Crippen LogP contribution is -2.39. The molecule has 0 saturated heterocycles. The van der Waals surface area contributed by atoms with Crippen LogP contribution in [0.2, 0.25) is 0 Å². The molecule has 3 heterocycles. The number of nitriles is 1. The van der Waals surface area contributed by atoms with E-state index in [0.29, 0.717) is 23.0 Å². The fourth-order valence-corrected chi connectivity index (χ4v) is 3.41. The molecule has 0 aliphatic carbocycles. The Labute approximate surface area is 138 Å². The van der Waals surface area contributed by atoms with E-state index in [1.807, 2.05) is 4.90 Å². The molecule has 0 fully saturated rings. The molecule has 23 heavy (non-hydrogen) atoms. The van der Waals surface area contributed by atoms with Gasteiger partial charge in [0.05, 0.1) is 18.7 Å². The predicted octanol–water partition coefficient (Wildman–Crippen LogP) is 1.79. The highest BCUT2D eigenvalue weighted by atomic mass is 32.1. The maximum absolute atomic E-state index is 12.2. The van der Waals surface area contributed by atoms with Crippen LogP contribution in [0.5, 0.6) is 0 Å². The van der Waals surface area contributed by atoms with Gasteiger partial charge in [-0.15, -0.1) is 21.5 Å². The summed E-state index contributed by atoms with van der Waals surface area (Å²) in [6.07, 6.45) is 0. The number of hydrogen-bond donors (Lipinski definition) is 1. The highest BCUT2D eigenvalue weighted by Crippen LogP contribution is 2.22. The molecule has 1 amide bonds. The standard InChI is InChI=1S/C15H18N6OS/c1-10(2)14-19-18-12-8-20(4-5-21(12)14)9-13(22)17-15-11(7-16)3-6-23-15/h3,6,10H,4-5,8-9H2,1-2H3,(H,17,22). The summed E-state index contributed by atoms with van der Waals surface area (Å²) in [7, 11) is 0. The molecule has 0 bridgehead atoms. The van der Waals surface area contributed by atoms with Crippen LogP contribution >= 0.6 is 11.3 Å². The number of nitrogens with zero attached hydrogens (tertiary/aromatic N) is 5. The van der Waals surface area contributed by atoms with Crippen LogP contribution in [0.3, 0.4) is 0 Å². The van der Waals surface area contributed by atoms with Gasteiger partial charge in [0.2, 0.25) is 5.91 Å². The molecule has 0 saturated carbocycles. The number of hydrogen-bond acceptors (Lipinski definition) is 6. The van der Waals surface area contributed by atoms with E-state index < -0.39 is 0 Å². The van der Waals surface area contributed by atoms with Crippen molar-refractivity contribution in [2.75, 3.05) is 18.4 Å². The molecule has 0 aromatic carbocycles. The van der Waals surface area contributed by atoms with E-state index in [-0.39, 0.29) is 12.5 Å². The zero-order chi connectivity index (χ0) is 16.4. The molecule has 1 N–H and O–H groups in total. The molecule has 0 unspecified atom stereocenters. The largest absolute Gasteiger partial charge is 0.315 e. The Morgan fingerprint density at radius 3 is 3.04 bits per heavy atom. The lowest BCUT2D eigenvalue weighted by atomic mass is 10.2. The van der Waals surface area contributed by atoms with Gasteiger partial charge < -0.3 is 9.88 Å². The molecular formula is C15H18N6OS. The van der Waals surface area contributed by atoms with Crippen molar-refractivity contribution in [2.45, 2.75) is 32.9 Å². The van der Waals surface area contributed by atoms with Gasteiger partial charge in [-0.25, -0.2) is 0 Å². The first-order valence-corrected chi connectivity index (χ1v) is 8.38. The summed E-state index contributed by atoms with van der Waals surface area (Å²) in [6, 6.07) is 3.78. The summed E-state index contributed by atoms with van der Waals surface area (Å²) in [5.41, 5.74) is 0.503. The quantitative estimate of drug-likeness (QED) is 0.923. The van der Waals surface area contributed by atoms with Crippen molar-refractivity contribution in [3.63, 3.8) is 0 Å². The highest BCUT2D eigenvalue weighted by molar-refractivity contribution is 7.14. The SMILES string of the molecule is CC(C)c1nnc2n1CCN(CC(=O)Nc1sccc1C#N)C2. The number of thiophene rings is 1. The van der Waals surface area contributed by atoms with Crippen molar-refractivity contribution in [2.24, 2.45) is 0 Å². The number of rotatable bonds is 4. The maximum atomic E-state index is 12.2. The topological polar surface area (TPSA) is 86.8 Å². The first kappa shape index (κ1) is 15.6. The van der Waals surface area contributed by atoms with Crippen molar-refractivity contribution in [3.05, 3.63) is 28.7 Å². The average Bonchev–Trinajstić information content (AvgIpc) is 3.12. The van der Waals surface area contributed by atoms with Crippen molar-refractivity contribution >= 4 is 22.2 Å². The fourth-order valence-electron chi connectivity index (χ4n) is 2.66. The van der Waals surface area contributed by atoms with Crippen LogP contribution in [0.1, 0.15) is 37.0 Å². The zero-order valence-electron chi connectivity index (χ0n) is 13.1. The Morgan fingerprint density at radius 2 is 2.30 bits per heavy atom. The molecule has 0 radical (unpaired) electrons. The molecular weight excluding hydrogens is 312 g/mol. The first-order valence-electron chi connectivity index (χ1n) is 7.50. The third-order valence-corrected chi connectivity index (χ3v) is 4.61. The lowest BCUT2D eigenvalue weighted by molar-refractivity contribution is -0.117. The van der Waals surface area contributed by atoms with Crippen LogP contribution in [0.4, 0.5) is 5.00 Å². The smallest absolute Gasteiger partial charge is 0.239 e. The minimum absolute atomic E-state index is 0.110. The Bertz CT molecular complexity index is 756. The molecule has 2 aromatic heterocycles. The summed E-state index contributed by atoms with van der Waals surface area (Å²) in [5.74, 6) is 2.14. The Morgan fingerprint density at radius 1 is 1.48 bits per heavy atom. The van der Waals surface area contributed by atoms with Crippen LogP contribution in [0.15, 0.2) is 11.4 Å². The molecule has 0 spiro atoms. The second-order valence-electron chi connectivity index (χ2n) is 5.81. The van der Waals surface area contributed by atoms with Gasteiger partial charge in [-0.05, 0) is 11.4 Å². The summed E-state index contributed by atoms with van der Waals surface area (Å²) in [5, 5.41) is 22.7. The molecule has 3 rings (SSSR count). The van der Waals surface area contributed by atoms with E-state index >= 15 is 0 Å². The van der Waals surface area contributed by atoms with Crippen LogP contribution in [0, 0.1) is 11.3 Å². The summed E-state index contributed by atoms with van der Waals surface area (Å²) in [6.45, 7) is 6.68. The van der Waals surface area contributed by atoms with Gasteiger partial charge in [-0.2, -0.15) is 5.26 Å². The number of carbonyl (C=O) groups is 1. The molecule has 1 aliphatic rings. The van der Waals surface area contributed by atoms with Crippen LogP contribution in [0.25, 0.3) is 0 Å². The number of amides is 1. The van der Waals surface area contributed by atoms with Gasteiger partial charge in [0.1, 0.15) is 22.7 Å². The Hall–Kier alpha value is -2.24. The van der Waals surface area contributed by atoms with Crippen LogP contribution < -0.4 is 5.32 Å². The number of fused-ring (bicyclic) bond motifs is 1. The van der Waals surface area contributed by atoms with E-state index in [0.717, 1.165) is 24.7 Å². The summed E-state index contributed by atoms with van der Waals surface area (Å²) < 4.78 is 2.14. The molecule has 7 nitrogen and oxygen atoms in total. The monoisotopic (exact) mass is 330 g/mol. The molecule has 2 aromatic rings. The Kier molecular flexibility index (Phi) is 4.41. The van der Waals surface area contributed by atoms with Crippen molar-refractivity contribution in [3.8, 4) is 6.07 Å².